The lowest BCUT2D eigenvalue weighted by Gasteiger charge is -2.23. The molecule has 2 heterocycles. The summed E-state index contributed by atoms with van der Waals surface area (Å²) in [6.45, 7) is 3.86. The van der Waals surface area contributed by atoms with E-state index in [0.29, 0.717) is 39.7 Å². The molecule has 0 saturated heterocycles. The van der Waals surface area contributed by atoms with Gasteiger partial charge in [-0.15, -0.1) is 11.3 Å². The largest absolute Gasteiger partial charge is 0.466 e. The summed E-state index contributed by atoms with van der Waals surface area (Å²) in [6, 6.07) is 10.7. The van der Waals surface area contributed by atoms with Crippen LogP contribution >= 0.6 is 11.3 Å². The SMILES string of the molecule is CC(C)(CN[C@@H](Cc1cc(F)cc(F)c1)c1nc2ncsc2cc1-c1ccc(F)c(C#N)c1)[S+]=O. The Bertz CT molecular complexity index is 1430. The summed E-state index contributed by atoms with van der Waals surface area (Å²) < 4.78 is 53.6. The Hall–Kier alpha value is -3.26. The molecule has 5 nitrogen and oxygen atoms in total. The van der Waals surface area contributed by atoms with Crippen molar-refractivity contribution in [2.24, 2.45) is 0 Å². The third kappa shape index (κ3) is 5.70. The fourth-order valence-electron chi connectivity index (χ4n) is 3.72. The zero-order chi connectivity index (χ0) is 25.2. The van der Waals surface area contributed by atoms with Crippen molar-refractivity contribution >= 4 is 33.4 Å². The van der Waals surface area contributed by atoms with Gasteiger partial charge in [-0.3, -0.25) is 0 Å². The third-order valence-electron chi connectivity index (χ3n) is 5.44. The van der Waals surface area contributed by atoms with Crippen LogP contribution in [-0.4, -0.2) is 21.3 Å². The minimum Gasteiger partial charge on any atom is -0.303 e. The van der Waals surface area contributed by atoms with Crippen molar-refractivity contribution in [3.05, 3.63) is 82.2 Å². The van der Waals surface area contributed by atoms with Crippen LogP contribution in [0, 0.1) is 28.8 Å². The summed E-state index contributed by atoms with van der Waals surface area (Å²) >= 11 is 1.83. The molecule has 0 bridgehead atoms. The summed E-state index contributed by atoms with van der Waals surface area (Å²) in [4.78, 5) is 9.04. The predicted molar refractivity (Wildman–Crippen MR) is 130 cm³/mol. The van der Waals surface area contributed by atoms with Crippen molar-refractivity contribution in [2.45, 2.75) is 31.1 Å². The number of benzene rings is 2. The summed E-state index contributed by atoms with van der Waals surface area (Å²) in [5.74, 6) is -2.03. The topological polar surface area (TPSA) is 78.7 Å². The van der Waals surface area contributed by atoms with E-state index >= 15 is 0 Å². The Morgan fingerprint density at radius 3 is 2.57 bits per heavy atom. The van der Waals surface area contributed by atoms with Gasteiger partial charge in [0, 0.05) is 29.7 Å². The second-order valence-corrected chi connectivity index (χ2v) is 10.8. The molecule has 0 fully saturated rings. The highest BCUT2D eigenvalue weighted by Gasteiger charge is 2.34. The highest BCUT2D eigenvalue weighted by molar-refractivity contribution is 7.67. The molecule has 178 valence electrons. The molecule has 0 spiro atoms. The van der Waals surface area contributed by atoms with Crippen LogP contribution in [0.15, 0.2) is 48.0 Å². The van der Waals surface area contributed by atoms with Crippen molar-refractivity contribution in [3.63, 3.8) is 0 Å². The average molecular weight is 514 g/mol. The second-order valence-electron chi connectivity index (χ2n) is 8.66. The van der Waals surface area contributed by atoms with E-state index in [1.54, 1.807) is 25.4 Å². The van der Waals surface area contributed by atoms with E-state index < -0.39 is 28.2 Å². The molecule has 0 aliphatic carbocycles. The predicted octanol–water partition coefficient (Wildman–Crippen LogP) is 5.73. The maximum absolute atomic E-state index is 14.0. The van der Waals surface area contributed by atoms with Crippen molar-refractivity contribution in [1.82, 2.24) is 15.3 Å². The number of aromatic nitrogens is 2. The van der Waals surface area contributed by atoms with Crippen molar-refractivity contribution < 1.29 is 17.4 Å². The van der Waals surface area contributed by atoms with Crippen LogP contribution in [0.25, 0.3) is 21.5 Å². The Labute approximate surface area is 208 Å². The fraction of sp³-hybridized carbons (Fsp3) is 0.240. The Morgan fingerprint density at radius 1 is 1.14 bits per heavy atom. The van der Waals surface area contributed by atoms with Crippen LogP contribution in [-0.2, 0) is 22.3 Å². The van der Waals surface area contributed by atoms with Gasteiger partial charge in [0.05, 0.1) is 34.1 Å². The van der Waals surface area contributed by atoms with E-state index in [0.717, 1.165) is 10.8 Å². The molecular formula is C25H20F3N4OS2+. The van der Waals surface area contributed by atoms with E-state index in [4.69, 9.17) is 4.98 Å². The summed E-state index contributed by atoms with van der Waals surface area (Å²) in [5.41, 5.74) is 4.13. The number of hydrogen-bond acceptors (Lipinski definition) is 6. The number of thiazole rings is 1. The van der Waals surface area contributed by atoms with Crippen molar-refractivity contribution in [3.8, 4) is 17.2 Å². The lowest BCUT2D eigenvalue weighted by atomic mass is 9.94. The first-order valence-electron chi connectivity index (χ1n) is 10.6. The number of hydrogen-bond donors (Lipinski definition) is 1. The van der Waals surface area contributed by atoms with Crippen LogP contribution in [0.2, 0.25) is 0 Å². The van der Waals surface area contributed by atoms with Crippen LogP contribution in [0.1, 0.15) is 36.7 Å². The number of nitrogens with one attached hydrogen (secondary N) is 1. The molecule has 35 heavy (non-hydrogen) atoms. The van der Waals surface area contributed by atoms with Gasteiger partial charge in [-0.25, -0.2) is 23.1 Å². The number of pyridine rings is 1. The molecule has 1 N–H and O–H groups in total. The zero-order valence-corrected chi connectivity index (χ0v) is 20.4. The van der Waals surface area contributed by atoms with Gasteiger partial charge in [0.2, 0.25) is 0 Å². The first-order valence-corrected chi connectivity index (χ1v) is 12.2. The smallest absolute Gasteiger partial charge is 0.303 e. The van der Waals surface area contributed by atoms with Crippen LogP contribution < -0.4 is 5.32 Å². The van der Waals surface area contributed by atoms with Crippen molar-refractivity contribution in [1.29, 1.82) is 5.26 Å². The Morgan fingerprint density at radius 2 is 1.89 bits per heavy atom. The summed E-state index contributed by atoms with van der Waals surface area (Å²) in [5, 5.41) is 12.7. The van der Waals surface area contributed by atoms with Gasteiger partial charge in [-0.05, 0) is 47.9 Å². The molecule has 1 atom stereocenters. The number of halogens is 3. The molecular weight excluding hydrogens is 493 g/mol. The zero-order valence-electron chi connectivity index (χ0n) is 18.8. The van der Waals surface area contributed by atoms with Gasteiger partial charge in [-0.2, -0.15) is 5.26 Å². The molecule has 2 aromatic carbocycles. The molecule has 2 aromatic heterocycles. The molecule has 4 aromatic rings. The van der Waals surface area contributed by atoms with Crippen LogP contribution in [0.3, 0.4) is 0 Å². The van der Waals surface area contributed by atoms with Gasteiger partial charge >= 0.3 is 11.7 Å². The maximum atomic E-state index is 14.0. The number of fused-ring (bicyclic) bond motifs is 1. The molecule has 0 aliphatic rings. The fourth-order valence-corrected chi connectivity index (χ4v) is 4.51. The molecule has 0 saturated carbocycles. The van der Waals surface area contributed by atoms with Gasteiger partial charge in [0.15, 0.2) is 5.65 Å². The maximum Gasteiger partial charge on any atom is 0.466 e. The van der Waals surface area contributed by atoms with Crippen LogP contribution in [0.4, 0.5) is 13.2 Å². The highest BCUT2D eigenvalue weighted by atomic mass is 32.1. The second kappa shape index (κ2) is 10.2. The molecule has 10 heteroatoms. The molecule has 0 radical (unpaired) electrons. The Kier molecular flexibility index (Phi) is 7.21. The first-order chi connectivity index (χ1) is 16.7. The number of nitriles is 1. The van der Waals surface area contributed by atoms with E-state index in [1.165, 1.54) is 35.6 Å². The third-order valence-corrected chi connectivity index (χ3v) is 6.80. The standard InChI is InChI=1S/C25H20F3N4OS2/c1-25(2,35-33)12-30-21(7-14-5-17(26)9-18(27)6-14)23-19(10-22-24(32-23)31-13-34-22)15-3-4-20(28)16(8-15)11-29/h3-6,8-10,13,21,30H,7,12H2,1-2H3/q+1/t21-/m0/s1. The first kappa shape index (κ1) is 24.9. The van der Waals surface area contributed by atoms with Crippen LogP contribution in [0.5, 0.6) is 0 Å². The van der Waals surface area contributed by atoms with E-state index in [2.05, 4.69) is 10.3 Å². The summed E-state index contributed by atoms with van der Waals surface area (Å²) in [7, 11) is 0. The number of nitrogens with zero attached hydrogens (tertiary/aromatic N) is 3. The molecule has 0 amide bonds. The van der Waals surface area contributed by atoms with Gasteiger partial charge in [0.1, 0.15) is 23.5 Å². The van der Waals surface area contributed by atoms with Crippen molar-refractivity contribution in [2.75, 3.05) is 6.54 Å². The Balaban J connectivity index is 1.87. The monoisotopic (exact) mass is 513 g/mol. The average Bonchev–Trinajstić information content (AvgIpc) is 3.28. The van der Waals surface area contributed by atoms with Gasteiger partial charge in [-0.1, -0.05) is 6.07 Å². The van der Waals surface area contributed by atoms with E-state index in [-0.39, 0.29) is 18.5 Å². The quantitative estimate of drug-likeness (QED) is 0.305. The molecule has 0 aliphatic heterocycles. The number of rotatable bonds is 8. The molecule has 4 rings (SSSR count). The lowest BCUT2D eigenvalue weighted by Crippen LogP contribution is -2.37. The highest BCUT2D eigenvalue weighted by Crippen LogP contribution is 2.34. The summed E-state index contributed by atoms with van der Waals surface area (Å²) in [6.07, 6.45) is 0.163. The van der Waals surface area contributed by atoms with E-state index in [9.17, 15) is 22.6 Å². The minimum absolute atomic E-state index is 0.113. The normalized spacial score (nSPS) is 12.5. The van der Waals surface area contributed by atoms with Gasteiger partial charge in [0.25, 0.3) is 4.75 Å². The minimum atomic E-state index is -0.700. The van der Waals surface area contributed by atoms with E-state index in [1.807, 2.05) is 12.1 Å². The molecule has 0 unspecified atom stereocenters. The lowest BCUT2D eigenvalue weighted by molar-refractivity contribution is 0.475. The van der Waals surface area contributed by atoms with Gasteiger partial charge < -0.3 is 5.32 Å².